The van der Waals surface area contributed by atoms with E-state index in [-0.39, 0.29) is 0 Å². The van der Waals surface area contributed by atoms with Crippen LogP contribution in [0.25, 0.3) is 0 Å². The first-order valence-corrected chi connectivity index (χ1v) is 8.10. The standard InChI is InChI=1S/C10H14O6S2/c1-3-7-5-8(4-2)10(18(14,15)16)6-9(7)17(11,12)13/h5-6H,3-4H2,1-2H3,(H,11,12,13)(H,14,15,16). The Bertz CT molecular complexity index is 603. The maximum Gasteiger partial charge on any atom is 0.294 e. The van der Waals surface area contributed by atoms with E-state index in [1.54, 1.807) is 13.8 Å². The van der Waals surface area contributed by atoms with Gasteiger partial charge < -0.3 is 0 Å². The first-order chi connectivity index (χ1) is 8.11. The van der Waals surface area contributed by atoms with Gasteiger partial charge in [-0.3, -0.25) is 9.11 Å². The predicted molar refractivity (Wildman–Crippen MR) is 64.8 cm³/mol. The van der Waals surface area contributed by atoms with Crippen LogP contribution in [-0.2, 0) is 33.1 Å². The third kappa shape index (κ3) is 3.08. The molecule has 0 heterocycles. The zero-order valence-electron chi connectivity index (χ0n) is 9.91. The lowest BCUT2D eigenvalue weighted by Crippen LogP contribution is -2.09. The maximum absolute atomic E-state index is 11.2. The minimum absolute atomic E-state index is 0.307. The second-order valence-electron chi connectivity index (χ2n) is 3.72. The van der Waals surface area contributed by atoms with E-state index in [1.807, 2.05) is 0 Å². The van der Waals surface area contributed by atoms with E-state index in [4.69, 9.17) is 9.11 Å². The molecule has 1 aromatic rings. The fraction of sp³-hybridized carbons (Fsp3) is 0.400. The Hall–Kier alpha value is -0.960. The Balaban J connectivity index is 3.76. The Labute approximate surface area is 106 Å². The number of aryl methyl sites for hydroxylation is 2. The fourth-order valence-corrected chi connectivity index (χ4v) is 3.37. The minimum atomic E-state index is -4.53. The van der Waals surface area contributed by atoms with Crippen molar-refractivity contribution in [3.8, 4) is 0 Å². The molecule has 0 amide bonds. The van der Waals surface area contributed by atoms with Gasteiger partial charge >= 0.3 is 0 Å². The van der Waals surface area contributed by atoms with Crippen molar-refractivity contribution in [3.05, 3.63) is 23.3 Å². The van der Waals surface area contributed by atoms with E-state index < -0.39 is 30.0 Å². The van der Waals surface area contributed by atoms with Crippen molar-refractivity contribution in [2.75, 3.05) is 0 Å². The Kier molecular flexibility index (Phi) is 4.16. The molecule has 0 saturated heterocycles. The zero-order valence-corrected chi connectivity index (χ0v) is 11.5. The topological polar surface area (TPSA) is 109 Å². The van der Waals surface area contributed by atoms with Gasteiger partial charge in [-0.25, -0.2) is 0 Å². The molecule has 0 bridgehead atoms. The molecule has 102 valence electrons. The highest BCUT2D eigenvalue weighted by atomic mass is 32.2. The van der Waals surface area contributed by atoms with Crippen molar-refractivity contribution in [1.82, 2.24) is 0 Å². The predicted octanol–water partition coefficient (Wildman–Crippen LogP) is 1.30. The van der Waals surface area contributed by atoms with Crippen LogP contribution in [0.2, 0.25) is 0 Å². The van der Waals surface area contributed by atoms with E-state index in [2.05, 4.69) is 0 Å². The summed E-state index contributed by atoms with van der Waals surface area (Å²) >= 11 is 0. The SMILES string of the molecule is CCc1cc(CC)c(S(=O)(=O)O)cc1S(=O)(=O)O. The van der Waals surface area contributed by atoms with Crippen molar-refractivity contribution >= 4 is 20.2 Å². The van der Waals surface area contributed by atoms with Crippen molar-refractivity contribution in [2.45, 2.75) is 36.5 Å². The summed E-state index contributed by atoms with van der Waals surface area (Å²) in [6, 6.07) is 2.16. The molecule has 0 aliphatic carbocycles. The quantitative estimate of drug-likeness (QED) is 0.810. The number of rotatable bonds is 4. The summed E-state index contributed by atoms with van der Waals surface area (Å²) in [4.78, 5) is -0.982. The molecule has 0 radical (unpaired) electrons. The molecule has 0 aliphatic rings. The van der Waals surface area contributed by atoms with E-state index >= 15 is 0 Å². The summed E-state index contributed by atoms with van der Waals surface area (Å²) in [5, 5.41) is 0. The van der Waals surface area contributed by atoms with Gasteiger partial charge in [-0.15, -0.1) is 0 Å². The van der Waals surface area contributed by atoms with Crippen LogP contribution in [0.3, 0.4) is 0 Å². The first-order valence-electron chi connectivity index (χ1n) is 5.22. The van der Waals surface area contributed by atoms with Crippen LogP contribution in [0, 0.1) is 0 Å². The van der Waals surface area contributed by atoms with Gasteiger partial charge in [0.25, 0.3) is 20.2 Å². The van der Waals surface area contributed by atoms with Gasteiger partial charge in [-0.2, -0.15) is 16.8 Å². The van der Waals surface area contributed by atoms with Crippen molar-refractivity contribution in [1.29, 1.82) is 0 Å². The Morgan fingerprint density at radius 1 is 0.833 bits per heavy atom. The monoisotopic (exact) mass is 294 g/mol. The smallest absolute Gasteiger partial charge is 0.282 e. The Morgan fingerprint density at radius 3 is 1.39 bits per heavy atom. The van der Waals surface area contributed by atoms with E-state index in [9.17, 15) is 16.8 Å². The average Bonchev–Trinajstić information content (AvgIpc) is 2.24. The van der Waals surface area contributed by atoms with Crippen molar-refractivity contribution in [3.63, 3.8) is 0 Å². The van der Waals surface area contributed by atoms with Crippen LogP contribution >= 0.6 is 0 Å². The lowest BCUT2D eigenvalue weighted by molar-refractivity contribution is 0.479. The van der Waals surface area contributed by atoms with Gasteiger partial charge in [0.2, 0.25) is 0 Å². The molecule has 0 aromatic heterocycles. The van der Waals surface area contributed by atoms with Crippen LogP contribution in [0.15, 0.2) is 21.9 Å². The molecule has 0 unspecified atom stereocenters. The van der Waals surface area contributed by atoms with Gasteiger partial charge in [0.05, 0.1) is 9.79 Å². The zero-order chi connectivity index (χ0) is 14.1. The average molecular weight is 294 g/mol. The van der Waals surface area contributed by atoms with Crippen LogP contribution < -0.4 is 0 Å². The van der Waals surface area contributed by atoms with E-state index in [1.165, 1.54) is 6.07 Å². The molecule has 6 nitrogen and oxygen atoms in total. The first kappa shape index (κ1) is 15.1. The molecule has 0 saturated carbocycles. The molecule has 0 fully saturated rings. The van der Waals surface area contributed by atoms with Crippen molar-refractivity contribution in [2.24, 2.45) is 0 Å². The van der Waals surface area contributed by atoms with Crippen LogP contribution in [0.4, 0.5) is 0 Å². The van der Waals surface area contributed by atoms with Gasteiger partial charge in [-0.1, -0.05) is 19.9 Å². The number of hydrogen-bond donors (Lipinski definition) is 2. The molecule has 0 aliphatic heterocycles. The normalized spacial score (nSPS) is 12.7. The van der Waals surface area contributed by atoms with Crippen LogP contribution in [0.1, 0.15) is 25.0 Å². The molecule has 0 atom stereocenters. The summed E-state index contributed by atoms with van der Waals surface area (Å²) in [6.07, 6.45) is 0.627. The lowest BCUT2D eigenvalue weighted by Gasteiger charge is -2.11. The summed E-state index contributed by atoms with van der Waals surface area (Å²) in [7, 11) is -9.06. The third-order valence-electron chi connectivity index (χ3n) is 2.56. The fourth-order valence-electron chi connectivity index (χ4n) is 1.69. The highest BCUT2D eigenvalue weighted by Crippen LogP contribution is 2.25. The van der Waals surface area contributed by atoms with E-state index in [0.717, 1.165) is 6.07 Å². The van der Waals surface area contributed by atoms with Crippen molar-refractivity contribution < 1.29 is 25.9 Å². The highest BCUT2D eigenvalue weighted by Gasteiger charge is 2.22. The molecule has 18 heavy (non-hydrogen) atoms. The highest BCUT2D eigenvalue weighted by molar-refractivity contribution is 7.86. The van der Waals surface area contributed by atoms with Gasteiger partial charge in [0.15, 0.2) is 0 Å². The van der Waals surface area contributed by atoms with Gasteiger partial charge in [0.1, 0.15) is 0 Å². The van der Waals surface area contributed by atoms with Gasteiger partial charge in [0, 0.05) is 0 Å². The van der Waals surface area contributed by atoms with Gasteiger partial charge in [-0.05, 0) is 30.0 Å². The van der Waals surface area contributed by atoms with E-state index in [0.29, 0.717) is 24.0 Å². The number of hydrogen-bond acceptors (Lipinski definition) is 4. The van der Waals surface area contributed by atoms with Crippen LogP contribution in [0.5, 0.6) is 0 Å². The maximum atomic E-state index is 11.2. The van der Waals surface area contributed by atoms with Crippen LogP contribution in [-0.4, -0.2) is 25.9 Å². The second-order valence-corrected chi connectivity index (χ2v) is 6.50. The molecule has 0 spiro atoms. The molecular formula is C10H14O6S2. The summed E-state index contributed by atoms with van der Waals surface area (Å²) in [5.74, 6) is 0. The second kappa shape index (κ2) is 4.96. The summed E-state index contributed by atoms with van der Waals surface area (Å²) in [5.41, 5.74) is 0.614. The summed E-state index contributed by atoms with van der Waals surface area (Å²) in [6.45, 7) is 3.35. The third-order valence-corrected chi connectivity index (χ3v) is 4.43. The molecule has 1 aromatic carbocycles. The largest absolute Gasteiger partial charge is 0.294 e. The molecular weight excluding hydrogens is 280 g/mol. The number of benzene rings is 1. The minimum Gasteiger partial charge on any atom is -0.282 e. The molecule has 8 heteroatoms. The molecule has 2 N–H and O–H groups in total. The Morgan fingerprint density at radius 2 is 1.17 bits per heavy atom. The summed E-state index contributed by atoms with van der Waals surface area (Å²) < 4.78 is 62.8. The molecule has 1 rings (SSSR count). The lowest BCUT2D eigenvalue weighted by atomic mass is 10.1.